The molecular formula is C12H17N3O2. The molecular weight excluding hydrogens is 218 g/mol. The number of nitro groups is 1. The third-order valence-electron chi connectivity index (χ3n) is 3.34. The summed E-state index contributed by atoms with van der Waals surface area (Å²) < 4.78 is 0. The van der Waals surface area contributed by atoms with E-state index < -0.39 is 0 Å². The van der Waals surface area contributed by atoms with E-state index in [0.29, 0.717) is 5.69 Å². The van der Waals surface area contributed by atoms with E-state index in [1.165, 1.54) is 0 Å². The van der Waals surface area contributed by atoms with Crippen molar-refractivity contribution in [3.05, 3.63) is 33.4 Å². The first kappa shape index (κ1) is 11.9. The Morgan fingerprint density at radius 1 is 1.35 bits per heavy atom. The Labute approximate surface area is 100 Å². The van der Waals surface area contributed by atoms with Gasteiger partial charge in [0.25, 0.3) is 5.69 Å². The first-order chi connectivity index (χ1) is 7.97. The summed E-state index contributed by atoms with van der Waals surface area (Å²) in [6, 6.07) is 3.97. The van der Waals surface area contributed by atoms with Crippen molar-refractivity contribution in [3.63, 3.8) is 0 Å². The second-order valence-electron chi connectivity index (χ2n) is 4.78. The third-order valence-corrected chi connectivity index (χ3v) is 3.34. The highest BCUT2D eigenvalue weighted by Gasteiger charge is 2.27. The molecule has 17 heavy (non-hydrogen) atoms. The van der Waals surface area contributed by atoms with Gasteiger partial charge in [0.2, 0.25) is 0 Å². The van der Waals surface area contributed by atoms with E-state index in [1.807, 2.05) is 19.9 Å². The van der Waals surface area contributed by atoms with Crippen molar-refractivity contribution in [2.24, 2.45) is 5.73 Å². The van der Waals surface area contributed by atoms with Gasteiger partial charge in [-0.15, -0.1) is 0 Å². The fourth-order valence-electron chi connectivity index (χ4n) is 2.07. The largest absolute Gasteiger partial charge is 0.377 e. The molecule has 0 heterocycles. The SMILES string of the molecule is Cc1cc(NC2CC(N)C2)c([N+](=O)[O-])cc1C. The summed E-state index contributed by atoms with van der Waals surface area (Å²) in [5.74, 6) is 0. The first-order valence-corrected chi connectivity index (χ1v) is 5.75. The molecule has 3 N–H and O–H groups in total. The van der Waals surface area contributed by atoms with Crippen molar-refractivity contribution in [3.8, 4) is 0 Å². The van der Waals surface area contributed by atoms with Crippen LogP contribution in [0.3, 0.4) is 0 Å². The van der Waals surface area contributed by atoms with Crippen LogP contribution in [0.2, 0.25) is 0 Å². The predicted octanol–water partition coefficient (Wildman–Crippen LogP) is 2.11. The van der Waals surface area contributed by atoms with Crippen LogP contribution < -0.4 is 11.1 Å². The molecule has 0 aliphatic heterocycles. The maximum Gasteiger partial charge on any atom is 0.292 e. The molecule has 1 fully saturated rings. The van der Waals surface area contributed by atoms with Crippen LogP contribution in [0.4, 0.5) is 11.4 Å². The van der Waals surface area contributed by atoms with Crippen LogP contribution in [0, 0.1) is 24.0 Å². The first-order valence-electron chi connectivity index (χ1n) is 5.75. The molecule has 1 aliphatic rings. The number of nitrogens with two attached hydrogens (primary N) is 1. The van der Waals surface area contributed by atoms with Gasteiger partial charge >= 0.3 is 0 Å². The van der Waals surface area contributed by atoms with E-state index in [-0.39, 0.29) is 22.7 Å². The highest BCUT2D eigenvalue weighted by molar-refractivity contribution is 5.65. The molecule has 92 valence electrons. The lowest BCUT2D eigenvalue weighted by molar-refractivity contribution is -0.384. The van der Waals surface area contributed by atoms with Crippen LogP contribution >= 0.6 is 0 Å². The molecule has 0 radical (unpaired) electrons. The summed E-state index contributed by atoms with van der Waals surface area (Å²) in [6.45, 7) is 3.84. The smallest absolute Gasteiger partial charge is 0.292 e. The molecule has 1 aliphatic carbocycles. The van der Waals surface area contributed by atoms with Crippen molar-refractivity contribution in [1.82, 2.24) is 0 Å². The zero-order chi connectivity index (χ0) is 12.6. The Morgan fingerprint density at radius 3 is 2.47 bits per heavy atom. The maximum atomic E-state index is 11.0. The number of nitrogens with one attached hydrogen (secondary N) is 1. The molecule has 5 heteroatoms. The average molecular weight is 235 g/mol. The van der Waals surface area contributed by atoms with E-state index in [4.69, 9.17) is 5.73 Å². The molecule has 1 aromatic carbocycles. The third kappa shape index (κ3) is 2.39. The van der Waals surface area contributed by atoms with Crippen molar-refractivity contribution < 1.29 is 4.92 Å². The molecule has 1 saturated carbocycles. The number of nitrogens with zero attached hydrogens (tertiary/aromatic N) is 1. The summed E-state index contributed by atoms with van der Waals surface area (Å²) in [6.07, 6.45) is 1.76. The molecule has 0 spiro atoms. The fraction of sp³-hybridized carbons (Fsp3) is 0.500. The Balaban J connectivity index is 2.25. The summed E-state index contributed by atoms with van der Waals surface area (Å²) in [4.78, 5) is 10.6. The molecule has 0 saturated heterocycles. The minimum atomic E-state index is -0.340. The highest BCUT2D eigenvalue weighted by Crippen LogP contribution is 2.31. The Bertz CT molecular complexity index is 453. The average Bonchev–Trinajstić information content (AvgIpc) is 2.20. The van der Waals surface area contributed by atoms with Crippen molar-refractivity contribution in [1.29, 1.82) is 0 Å². The Morgan fingerprint density at radius 2 is 1.94 bits per heavy atom. The lowest BCUT2D eigenvalue weighted by Gasteiger charge is -2.33. The van der Waals surface area contributed by atoms with Crippen molar-refractivity contribution in [2.75, 3.05) is 5.32 Å². The Kier molecular flexibility index (Phi) is 3.02. The van der Waals surface area contributed by atoms with Crippen LogP contribution in [0.1, 0.15) is 24.0 Å². The number of rotatable bonds is 3. The second kappa shape index (κ2) is 4.33. The molecule has 5 nitrogen and oxygen atoms in total. The van der Waals surface area contributed by atoms with E-state index in [2.05, 4.69) is 5.32 Å². The van der Waals surface area contributed by atoms with Crippen LogP contribution in [0.25, 0.3) is 0 Å². The molecule has 1 aromatic rings. The molecule has 0 atom stereocenters. The summed E-state index contributed by atoms with van der Waals surface area (Å²) >= 11 is 0. The normalized spacial score (nSPS) is 23.0. The minimum Gasteiger partial charge on any atom is -0.377 e. The molecule has 0 amide bonds. The van der Waals surface area contributed by atoms with Gasteiger partial charge in [-0.2, -0.15) is 0 Å². The predicted molar refractivity (Wildman–Crippen MR) is 67.2 cm³/mol. The number of benzene rings is 1. The van der Waals surface area contributed by atoms with E-state index in [1.54, 1.807) is 6.07 Å². The quantitative estimate of drug-likeness (QED) is 0.621. The van der Waals surface area contributed by atoms with Gasteiger partial charge in [0.15, 0.2) is 0 Å². The number of hydrogen-bond donors (Lipinski definition) is 2. The van der Waals surface area contributed by atoms with Gasteiger partial charge in [0.05, 0.1) is 4.92 Å². The fourth-order valence-corrected chi connectivity index (χ4v) is 2.07. The van der Waals surface area contributed by atoms with Gasteiger partial charge in [0, 0.05) is 18.2 Å². The van der Waals surface area contributed by atoms with Gasteiger partial charge in [-0.05, 0) is 43.9 Å². The number of anilines is 1. The van der Waals surface area contributed by atoms with E-state index >= 15 is 0 Å². The standard InChI is InChI=1S/C12H17N3O2/c1-7-3-11(14-10-5-9(13)6-10)12(15(16)17)4-8(7)2/h3-4,9-10,14H,5-6,13H2,1-2H3. The van der Waals surface area contributed by atoms with Crippen LogP contribution in [0.5, 0.6) is 0 Å². The molecule has 2 rings (SSSR count). The van der Waals surface area contributed by atoms with Crippen molar-refractivity contribution in [2.45, 2.75) is 38.8 Å². The highest BCUT2D eigenvalue weighted by atomic mass is 16.6. The summed E-state index contributed by atoms with van der Waals surface area (Å²) in [5, 5.41) is 14.2. The molecule has 0 unspecified atom stereocenters. The van der Waals surface area contributed by atoms with Gasteiger partial charge < -0.3 is 11.1 Å². The number of hydrogen-bond acceptors (Lipinski definition) is 4. The second-order valence-corrected chi connectivity index (χ2v) is 4.78. The topological polar surface area (TPSA) is 81.2 Å². The van der Waals surface area contributed by atoms with E-state index in [0.717, 1.165) is 24.0 Å². The van der Waals surface area contributed by atoms with Crippen molar-refractivity contribution >= 4 is 11.4 Å². The summed E-state index contributed by atoms with van der Waals surface area (Å²) in [5.41, 5.74) is 8.45. The van der Waals surface area contributed by atoms with Gasteiger partial charge in [-0.3, -0.25) is 10.1 Å². The lowest BCUT2D eigenvalue weighted by atomic mass is 9.87. The lowest BCUT2D eigenvalue weighted by Crippen LogP contribution is -2.44. The van der Waals surface area contributed by atoms with Gasteiger partial charge in [0.1, 0.15) is 5.69 Å². The monoisotopic (exact) mass is 235 g/mol. The maximum absolute atomic E-state index is 11.0. The van der Waals surface area contributed by atoms with Crippen LogP contribution in [0.15, 0.2) is 12.1 Å². The number of aryl methyl sites for hydroxylation is 2. The zero-order valence-electron chi connectivity index (χ0n) is 10.1. The van der Waals surface area contributed by atoms with E-state index in [9.17, 15) is 10.1 Å². The summed E-state index contributed by atoms with van der Waals surface area (Å²) in [7, 11) is 0. The van der Waals surface area contributed by atoms with Gasteiger partial charge in [-0.25, -0.2) is 0 Å². The molecule has 0 aromatic heterocycles. The number of nitro benzene ring substituents is 1. The minimum absolute atomic E-state index is 0.147. The van der Waals surface area contributed by atoms with Crippen LogP contribution in [-0.4, -0.2) is 17.0 Å². The van der Waals surface area contributed by atoms with Crippen LogP contribution in [-0.2, 0) is 0 Å². The zero-order valence-corrected chi connectivity index (χ0v) is 10.1. The molecule has 0 bridgehead atoms. The van der Waals surface area contributed by atoms with Gasteiger partial charge in [-0.1, -0.05) is 0 Å². The Hall–Kier alpha value is -1.62.